The molecule has 30 heavy (non-hydrogen) atoms. The molecule has 0 radical (unpaired) electrons. The summed E-state index contributed by atoms with van der Waals surface area (Å²) in [7, 11) is 1.64. The van der Waals surface area contributed by atoms with Gasteiger partial charge in [0, 0.05) is 11.3 Å². The molecular weight excluding hydrogens is 422 g/mol. The van der Waals surface area contributed by atoms with E-state index in [1.165, 1.54) is 0 Å². The lowest BCUT2D eigenvalue weighted by Crippen LogP contribution is -2.36. The first kappa shape index (κ1) is 22.5. The highest BCUT2D eigenvalue weighted by Crippen LogP contribution is 2.28. The molecule has 2 aromatic rings. The maximum Gasteiger partial charge on any atom is 0.408 e. The summed E-state index contributed by atoms with van der Waals surface area (Å²) in [5, 5.41) is 17.1. The minimum atomic E-state index is -0.577. The Morgan fingerprint density at radius 2 is 2.17 bits per heavy atom. The van der Waals surface area contributed by atoms with Gasteiger partial charge in [0.25, 0.3) is 0 Å². The minimum Gasteiger partial charge on any atom is -0.497 e. The van der Waals surface area contributed by atoms with Crippen LogP contribution in [0.2, 0.25) is 0 Å². The lowest BCUT2D eigenvalue weighted by atomic mass is 10.1. The van der Waals surface area contributed by atoms with Crippen molar-refractivity contribution >= 4 is 35.3 Å². The normalized spacial score (nSPS) is 14.5. The van der Waals surface area contributed by atoms with Crippen LogP contribution in [0.1, 0.15) is 44.6 Å². The van der Waals surface area contributed by atoms with Crippen molar-refractivity contribution in [3.8, 4) is 5.75 Å². The molecule has 1 N–H and O–H groups in total. The van der Waals surface area contributed by atoms with Gasteiger partial charge in [0.05, 0.1) is 18.9 Å². The number of fused-ring (bicyclic) bond motifs is 1. The zero-order chi connectivity index (χ0) is 21.7. The molecule has 2 heterocycles. The van der Waals surface area contributed by atoms with Crippen molar-refractivity contribution in [1.82, 2.24) is 20.2 Å². The fourth-order valence-corrected chi connectivity index (χ4v) is 4.17. The summed E-state index contributed by atoms with van der Waals surface area (Å²) in [6.45, 7) is 5.51. The third-order valence-electron chi connectivity index (χ3n) is 4.21. The van der Waals surface area contributed by atoms with Crippen LogP contribution in [-0.2, 0) is 4.74 Å². The topological polar surface area (TPSA) is 90.6 Å². The van der Waals surface area contributed by atoms with Crippen LogP contribution in [0.15, 0.2) is 34.5 Å². The van der Waals surface area contributed by atoms with Crippen LogP contribution in [0.25, 0.3) is 0 Å². The molecule has 1 aromatic carbocycles. The summed E-state index contributed by atoms with van der Waals surface area (Å²) in [6.07, 6.45) is 2.23. The number of benzene rings is 1. The van der Waals surface area contributed by atoms with Crippen molar-refractivity contribution in [2.45, 2.75) is 44.0 Å². The number of hydrogen-bond acceptors (Lipinski definition) is 8. The third kappa shape index (κ3) is 5.69. The first-order valence-corrected chi connectivity index (χ1v) is 12.0. The Morgan fingerprint density at radius 3 is 2.87 bits per heavy atom. The molecule has 1 aliphatic rings. The molecule has 10 heteroatoms. The molecule has 0 spiro atoms. The van der Waals surface area contributed by atoms with Crippen LogP contribution >= 0.6 is 23.5 Å². The van der Waals surface area contributed by atoms with Crippen LogP contribution in [0.5, 0.6) is 5.75 Å². The van der Waals surface area contributed by atoms with Gasteiger partial charge in [-0.05, 0) is 51.3 Å². The summed E-state index contributed by atoms with van der Waals surface area (Å²) < 4.78 is 12.5. The Labute approximate surface area is 185 Å². The number of thioether (sulfide) groups is 2. The van der Waals surface area contributed by atoms with E-state index in [-0.39, 0.29) is 6.04 Å². The fraction of sp³-hybridized carbons (Fsp3) is 0.500. The Kier molecular flexibility index (Phi) is 7.30. The first-order valence-electron chi connectivity index (χ1n) is 9.59. The summed E-state index contributed by atoms with van der Waals surface area (Å²) in [5.41, 5.74) is 1.30. The average molecular weight is 450 g/mol. The predicted octanol–water partition coefficient (Wildman–Crippen LogP) is 3.96. The summed E-state index contributed by atoms with van der Waals surface area (Å²) >= 11 is 3.27. The van der Waals surface area contributed by atoms with E-state index >= 15 is 0 Å². The summed E-state index contributed by atoms with van der Waals surface area (Å²) in [6, 6.07) is 7.44. The molecule has 162 valence electrons. The van der Waals surface area contributed by atoms with E-state index in [0.717, 1.165) is 22.8 Å². The summed E-state index contributed by atoms with van der Waals surface area (Å²) in [5.74, 6) is 2.90. The first-order chi connectivity index (χ1) is 14.3. The number of methoxy groups -OCH3 is 1. The predicted molar refractivity (Wildman–Crippen MR) is 121 cm³/mol. The quantitative estimate of drug-likeness (QED) is 0.684. The monoisotopic (exact) mass is 449 g/mol. The van der Waals surface area contributed by atoms with Crippen LogP contribution < -0.4 is 10.1 Å². The molecule has 0 bridgehead atoms. The van der Waals surface area contributed by atoms with E-state index in [4.69, 9.17) is 14.6 Å². The van der Waals surface area contributed by atoms with E-state index < -0.39 is 11.7 Å². The van der Waals surface area contributed by atoms with Gasteiger partial charge < -0.3 is 14.8 Å². The molecule has 1 amide bonds. The van der Waals surface area contributed by atoms with Crippen molar-refractivity contribution in [2.24, 2.45) is 5.10 Å². The number of carbonyl (C=O) groups excluding carboxylic acids is 1. The molecule has 1 aliphatic heterocycles. The van der Waals surface area contributed by atoms with Crippen molar-refractivity contribution in [1.29, 1.82) is 0 Å². The van der Waals surface area contributed by atoms with E-state index in [1.54, 1.807) is 35.3 Å². The SMILES string of the molecule is COc1cccc(C2=Nn3c(nnc3C(CCSC)NC(=O)OC(C)(C)C)SC2)c1. The Morgan fingerprint density at radius 1 is 1.37 bits per heavy atom. The number of alkyl carbamates (subject to hydrolysis) is 1. The largest absolute Gasteiger partial charge is 0.497 e. The number of aromatic nitrogens is 3. The van der Waals surface area contributed by atoms with E-state index in [9.17, 15) is 4.79 Å². The molecule has 0 aliphatic carbocycles. The van der Waals surface area contributed by atoms with E-state index in [1.807, 2.05) is 51.3 Å². The standard InChI is InChI=1S/C20H27N5O3S2/c1-20(2,3)28-19(26)21-15(9-10-29-5)17-22-23-18-25(17)24-16(12-30-18)13-7-6-8-14(11-13)27-4/h6-8,11,15H,9-10,12H2,1-5H3,(H,21,26). The number of ether oxygens (including phenoxy) is 2. The van der Waals surface area contributed by atoms with E-state index in [0.29, 0.717) is 23.2 Å². The number of rotatable bonds is 7. The Balaban J connectivity index is 1.90. The third-order valence-corrected chi connectivity index (χ3v) is 5.79. The van der Waals surface area contributed by atoms with Crippen LogP contribution in [-0.4, -0.2) is 57.2 Å². The molecule has 1 atom stereocenters. The van der Waals surface area contributed by atoms with Gasteiger partial charge in [-0.15, -0.1) is 10.2 Å². The van der Waals surface area contributed by atoms with Gasteiger partial charge in [-0.2, -0.15) is 21.5 Å². The summed E-state index contributed by atoms with van der Waals surface area (Å²) in [4.78, 5) is 12.4. The molecule has 3 rings (SSSR count). The molecule has 8 nitrogen and oxygen atoms in total. The molecule has 0 fully saturated rings. The van der Waals surface area contributed by atoms with Crippen molar-refractivity contribution in [2.75, 3.05) is 24.9 Å². The van der Waals surface area contributed by atoms with Gasteiger partial charge in [0.1, 0.15) is 11.4 Å². The van der Waals surface area contributed by atoms with Crippen molar-refractivity contribution < 1.29 is 14.3 Å². The molecule has 1 unspecified atom stereocenters. The highest BCUT2D eigenvalue weighted by Gasteiger charge is 2.28. The Bertz CT molecular complexity index is 923. The molecule has 0 saturated carbocycles. The zero-order valence-corrected chi connectivity index (χ0v) is 19.5. The van der Waals surface area contributed by atoms with E-state index in [2.05, 4.69) is 15.5 Å². The average Bonchev–Trinajstić information content (AvgIpc) is 3.13. The lowest BCUT2D eigenvalue weighted by Gasteiger charge is -2.23. The highest BCUT2D eigenvalue weighted by molar-refractivity contribution is 7.99. The number of carbonyl (C=O) groups is 1. The molecular formula is C20H27N5O3S2. The molecule has 0 saturated heterocycles. The second-order valence-corrected chi connectivity index (χ2v) is 9.63. The van der Waals surface area contributed by atoms with Crippen LogP contribution in [0.3, 0.4) is 0 Å². The van der Waals surface area contributed by atoms with Crippen molar-refractivity contribution in [3.05, 3.63) is 35.7 Å². The maximum absolute atomic E-state index is 12.4. The number of nitrogens with zero attached hydrogens (tertiary/aromatic N) is 4. The van der Waals surface area contributed by atoms with Crippen LogP contribution in [0, 0.1) is 0 Å². The van der Waals surface area contributed by atoms with Gasteiger partial charge in [-0.1, -0.05) is 23.9 Å². The second-order valence-electron chi connectivity index (χ2n) is 7.70. The van der Waals surface area contributed by atoms with Crippen LogP contribution in [0.4, 0.5) is 4.79 Å². The second kappa shape index (κ2) is 9.74. The molecule has 1 aromatic heterocycles. The number of amides is 1. The zero-order valence-electron chi connectivity index (χ0n) is 17.8. The fourth-order valence-electron chi connectivity index (χ4n) is 2.86. The van der Waals surface area contributed by atoms with Gasteiger partial charge in [0.15, 0.2) is 5.82 Å². The lowest BCUT2D eigenvalue weighted by molar-refractivity contribution is 0.0499. The number of hydrogen-bond donors (Lipinski definition) is 1. The maximum atomic E-state index is 12.4. The minimum absolute atomic E-state index is 0.359. The van der Waals surface area contributed by atoms with Gasteiger partial charge >= 0.3 is 6.09 Å². The van der Waals surface area contributed by atoms with Crippen molar-refractivity contribution in [3.63, 3.8) is 0 Å². The van der Waals surface area contributed by atoms with Gasteiger partial charge in [-0.25, -0.2) is 4.79 Å². The highest BCUT2D eigenvalue weighted by atomic mass is 32.2. The Hall–Kier alpha value is -2.20. The smallest absolute Gasteiger partial charge is 0.408 e. The van der Waals surface area contributed by atoms with Gasteiger partial charge in [-0.3, -0.25) is 0 Å². The number of nitrogens with one attached hydrogen (secondary N) is 1. The van der Waals surface area contributed by atoms with Gasteiger partial charge in [0.2, 0.25) is 5.16 Å².